The number of nitrogen functional groups attached to an aromatic ring is 1. The number of anilines is 1. The zero-order valence-electron chi connectivity index (χ0n) is 10.2. The summed E-state index contributed by atoms with van der Waals surface area (Å²) in [7, 11) is 0. The van der Waals surface area contributed by atoms with Crippen LogP contribution >= 0.6 is 11.3 Å². The van der Waals surface area contributed by atoms with Crippen molar-refractivity contribution in [2.45, 2.75) is 12.7 Å². The molecule has 3 rings (SSSR count). The van der Waals surface area contributed by atoms with E-state index in [1.807, 2.05) is 0 Å². The third kappa shape index (κ3) is 2.24. The van der Waals surface area contributed by atoms with E-state index >= 15 is 0 Å². The van der Waals surface area contributed by atoms with Gasteiger partial charge in [-0.05, 0) is 23.6 Å². The quantitative estimate of drug-likeness (QED) is 0.779. The summed E-state index contributed by atoms with van der Waals surface area (Å²) < 4.78 is 39.5. The molecule has 0 spiro atoms. The zero-order valence-corrected chi connectivity index (χ0v) is 11.0. The molecule has 2 N–H and O–H groups in total. The van der Waals surface area contributed by atoms with Crippen LogP contribution in [0.2, 0.25) is 0 Å². The Balaban J connectivity index is 2.25. The highest BCUT2D eigenvalue weighted by Crippen LogP contribution is 2.34. The standard InChI is InChI=1S/C13H10F3N3S/c14-13(15,16)7-19-10-4-2-1-3-9(10)18-12(19)8-5-6-20-11(8)17/h1-6H,7,17H2. The zero-order chi connectivity index (χ0) is 14.3. The van der Waals surface area contributed by atoms with E-state index in [2.05, 4.69) is 4.98 Å². The van der Waals surface area contributed by atoms with Gasteiger partial charge in [-0.1, -0.05) is 12.1 Å². The first-order valence-electron chi connectivity index (χ1n) is 5.81. The van der Waals surface area contributed by atoms with Crippen molar-refractivity contribution in [1.29, 1.82) is 0 Å². The maximum atomic E-state index is 12.8. The van der Waals surface area contributed by atoms with E-state index in [1.54, 1.807) is 35.7 Å². The molecule has 0 saturated carbocycles. The molecule has 0 bridgehead atoms. The average molecular weight is 297 g/mol. The predicted molar refractivity (Wildman–Crippen MR) is 73.5 cm³/mol. The number of aromatic nitrogens is 2. The predicted octanol–water partition coefficient (Wildman–Crippen LogP) is 3.91. The first-order chi connectivity index (χ1) is 9.46. The van der Waals surface area contributed by atoms with Gasteiger partial charge in [-0.2, -0.15) is 13.2 Å². The van der Waals surface area contributed by atoms with Crippen LogP contribution in [0.1, 0.15) is 0 Å². The van der Waals surface area contributed by atoms with Crippen LogP contribution in [-0.4, -0.2) is 15.7 Å². The number of thiophene rings is 1. The fourth-order valence-electron chi connectivity index (χ4n) is 2.13. The lowest BCUT2D eigenvalue weighted by Gasteiger charge is -2.11. The summed E-state index contributed by atoms with van der Waals surface area (Å²) in [6.07, 6.45) is -4.32. The van der Waals surface area contributed by atoms with Crippen molar-refractivity contribution in [2.24, 2.45) is 0 Å². The van der Waals surface area contributed by atoms with Gasteiger partial charge in [-0.3, -0.25) is 0 Å². The number of fused-ring (bicyclic) bond motifs is 1. The lowest BCUT2D eigenvalue weighted by atomic mass is 10.3. The fraction of sp³-hybridized carbons (Fsp3) is 0.154. The molecule has 2 aromatic heterocycles. The molecular weight excluding hydrogens is 287 g/mol. The number of benzene rings is 1. The molecule has 7 heteroatoms. The minimum Gasteiger partial charge on any atom is -0.390 e. The molecule has 0 aliphatic rings. The van der Waals surface area contributed by atoms with Gasteiger partial charge in [0.25, 0.3) is 0 Å². The monoisotopic (exact) mass is 297 g/mol. The molecule has 0 radical (unpaired) electrons. The lowest BCUT2D eigenvalue weighted by molar-refractivity contribution is -0.139. The molecule has 0 aliphatic heterocycles. The van der Waals surface area contributed by atoms with Gasteiger partial charge in [0, 0.05) is 0 Å². The van der Waals surface area contributed by atoms with Crippen LogP contribution in [0.5, 0.6) is 0 Å². The van der Waals surface area contributed by atoms with E-state index < -0.39 is 12.7 Å². The summed E-state index contributed by atoms with van der Waals surface area (Å²) in [5.41, 5.74) is 7.32. The Hall–Kier alpha value is -2.02. The molecule has 0 saturated heterocycles. The second-order valence-electron chi connectivity index (χ2n) is 4.32. The van der Waals surface area contributed by atoms with Crippen LogP contribution < -0.4 is 5.73 Å². The topological polar surface area (TPSA) is 43.8 Å². The molecule has 104 valence electrons. The highest BCUT2D eigenvalue weighted by molar-refractivity contribution is 7.14. The van der Waals surface area contributed by atoms with Crippen LogP contribution in [0.15, 0.2) is 35.7 Å². The molecule has 0 fully saturated rings. The van der Waals surface area contributed by atoms with Crippen LogP contribution in [0.4, 0.5) is 18.2 Å². The molecule has 3 aromatic rings. The third-order valence-electron chi connectivity index (χ3n) is 2.93. The van der Waals surface area contributed by atoms with E-state index in [0.29, 0.717) is 21.6 Å². The number of hydrogen-bond donors (Lipinski definition) is 1. The van der Waals surface area contributed by atoms with Gasteiger partial charge in [0.05, 0.1) is 21.6 Å². The number of hydrogen-bond acceptors (Lipinski definition) is 3. The van der Waals surface area contributed by atoms with Crippen molar-refractivity contribution in [1.82, 2.24) is 9.55 Å². The summed E-state index contributed by atoms with van der Waals surface area (Å²) in [6.45, 7) is -1.09. The molecule has 3 nitrogen and oxygen atoms in total. The maximum absolute atomic E-state index is 12.8. The summed E-state index contributed by atoms with van der Waals surface area (Å²) >= 11 is 1.28. The van der Waals surface area contributed by atoms with Gasteiger partial charge < -0.3 is 10.3 Å². The average Bonchev–Trinajstić information content (AvgIpc) is 2.92. The second-order valence-corrected chi connectivity index (χ2v) is 5.27. The van der Waals surface area contributed by atoms with E-state index in [4.69, 9.17) is 5.73 Å². The number of para-hydroxylation sites is 2. The Morgan fingerprint density at radius 3 is 2.60 bits per heavy atom. The smallest absolute Gasteiger partial charge is 0.390 e. The number of imidazole rings is 1. The molecule has 1 aromatic carbocycles. The van der Waals surface area contributed by atoms with Crippen molar-refractivity contribution in [3.8, 4) is 11.4 Å². The van der Waals surface area contributed by atoms with Gasteiger partial charge in [0.15, 0.2) is 0 Å². The minimum absolute atomic E-state index is 0.252. The van der Waals surface area contributed by atoms with Gasteiger partial charge in [0.1, 0.15) is 12.4 Å². The number of nitrogens with zero attached hydrogens (tertiary/aromatic N) is 2. The minimum atomic E-state index is -4.32. The van der Waals surface area contributed by atoms with Crippen LogP contribution in [0, 0.1) is 0 Å². The number of halogens is 3. The van der Waals surface area contributed by atoms with E-state index in [-0.39, 0.29) is 5.82 Å². The van der Waals surface area contributed by atoms with Crippen molar-refractivity contribution in [2.75, 3.05) is 5.73 Å². The number of nitrogens with two attached hydrogens (primary N) is 1. The Labute approximate surface area is 116 Å². The molecule has 0 aliphatic carbocycles. The fourth-order valence-corrected chi connectivity index (χ4v) is 2.76. The number of rotatable bonds is 2. The molecule has 0 atom stereocenters. The molecule has 2 heterocycles. The van der Waals surface area contributed by atoms with Crippen molar-refractivity contribution in [3.05, 3.63) is 35.7 Å². The lowest BCUT2D eigenvalue weighted by Crippen LogP contribution is -2.18. The van der Waals surface area contributed by atoms with Gasteiger partial charge in [-0.25, -0.2) is 4.98 Å². The molecule has 20 heavy (non-hydrogen) atoms. The van der Waals surface area contributed by atoms with Crippen LogP contribution in [-0.2, 0) is 6.54 Å². The van der Waals surface area contributed by atoms with Crippen LogP contribution in [0.25, 0.3) is 22.4 Å². The highest BCUT2D eigenvalue weighted by atomic mass is 32.1. The van der Waals surface area contributed by atoms with Crippen molar-refractivity contribution in [3.63, 3.8) is 0 Å². The number of alkyl halides is 3. The third-order valence-corrected chi connectivity index (χ3v) is 3.67. The highest BCUT2D eigenvalue weighted by Gasteiger charge is 2.30. The maximum Gasteiger partial charge on any atom is 0.406 e. The van der Waals surface area contributed by atoms with Gasteiger partial charge in [0.2, 0.25) is 0 Å². The van der Waals surface area contributed by atoms with Gasteiger partial charge in [-0.15, -0.1) is 11.3 Å². The largest absolute Gasteiger partial charge is 0.406 e. The summed E-state index contributed by atoms with van der Waals surface area (Å²) in [4.78, 5) is 4.29. The normalized spacial score (nSPS) is 12.2. The van der Waals surface area contributed by atoms with Crippen molar-refractivity contribution >= 4 is 27.4 Å². The first-order valence-corrected chi connectivity index (χ1v) is 6.69. The first kappa shape index (κ1) is 13.0. The SMILES string of the molecule is Nc1sccc1-c1nc2ccccc2n1CC(F)(F)F. The Morgan fingerprint density at radius 1 is 1.20 bits per heavy atom. The Bertz CT molecular complexity index is 758. The Morgan fingerprint density at radius 2 is 1.95 bits per heavy atom. The summed E-state index contributed by atoms with van der Waals surface area (Å²) in [5, 5.41) is 2.20. The summed E-state index contributed by atoms with van der Waals surface area (Å²) in [5.74, 6) is 0.252. The molecule has 0 amide bonds. The van der Waals surface area contributed by atoms with E-state index in [1.165, 1.54) is 11.3 Å². The summed E-state index contributed by atoms with van der Waals surface area (Å²) in [6, 6.07) is 8.44. The molecular formula is C13H10F3N3S. The van der Waals surface area contributed by atoms with Crippen molar-refractivity contribution < 1.29 is 13.2 Å². The van der Waals surface area contributed by atoms with Gasteiger partial charge >= 0.3 is 6.18 Å². The van der Waals surface area contributed by atoms with Crippen LogP contribution in [0.3, 0.4) is 0 Å². The second kappa shape index (κ2) is 4.52. The molecule has 0 unspecified atom stereocenters. The Kier molecular flexibility index (Phi) is 2.93. The van der Waals surface area contributed by atoms with E-state index in [0.717, 1.165) is 4.57 Å². The van der Waals surface area contributed by atoms with E-state index in [9.17, 15) is 13.2 Å².